The minimum atomic E-state index is -4.68. The highest BCUT2D eigenvalue weighted by Crippen LogP contribution is 2.38. The van der Waals surface area contributed by atoms with Gasteiger partial charge in [-0.05, 0) is 79.4 Å². The van der Waals surface area contributed by atoms with Crippen LogP contribution in [0.15, 0.2) is 73.1 Å². The number of phosphoric ester groups is 1. The molecule has 0 saturated heterocycles. The second-order valence-electron chi connectivity index (χ2n) is 10.2. The van der Waals surface area contributed by atoms with E-state index in [-0.39, 0.29) is 18.7 Å². The molecule has 0 radical (unpaired) electrons. The summed E-state index contributed by atoms with van der Waals surface area (Å²) >= 11 is 0. The zero-order chi connectivity index (χ0) is 32.4. The van der Waals surface area contributed by atoms with Gasteiger partial charge in [0, 0.05) is 49.0 Å². The van der Waals surface area contributed by atoms with Crippen molar-refractivity contribution < 1.29 is 42.7 Å². The molecule has 2 amide bonds. The summed E-state index contributed by atoms with van der Waals surface area (Å²) in [6.07, 6.45) is 6.15. The summed E-state index contributed by atoms with van der Waals surface area (Å²) in [5.74, 6) is -0.699. The van der Waals surface area contributed by atoms with Crippen LogP contribution in [0.2, 0.25) is 0 Å². The quantitative estimate of drug-likeness (QED) is 0.0845. The Morgan fingerprint density at radius 1 is 1.00 bits per heavy atom. The second kappa shape index (κ2) is 15.3. The molecule has 1 unspecified atom stereocenters. The van der Waals surface area contributed by atoms with Crippen LogP contribution in [0.1, 0.15) is 37.4 Å². The number of ether oxygens (including phenoxy) is 2. The van der Waals surface area contributed by atoms with Crippen molar-refractivity contribution in [3.63, 3.8) is 0 Å². The number of fused-ring (bicyclic) bond motifs is 1. The number of nitrogens with zero attached hydrogens (tertiary/aromatic N) is 2. The van der Waals surface area contributed by atoms with E-state index in [0.29, 0.717) is 11.5 Å². The normalized spacial score (nSPS) is 11.9. The number of aryl methyl sites for hydroxylation is 2. The molecule has 2 aromatic carbocycles. The van der Waals surface area contributed by atoms with Crippen LogP contribution in [0.4, 0.5) is 0 Å². The van der Waals surface area contributed by atoms with Gasteiger partial charge in [-0.15, -0.1) is 0 Å². The molecule has 0 aliphatic rings. The predicted molar refractivity (Wildman–Crippen MR) is 164 cm³/mol. The molecule has 0 spiro atoms. The van der Waals surface area contributed by atoms with Gasteiger partial charge in [-0.1, -0.05) is 6.07 Å². The van der Waals surface area contributed by atoms with E-state index >= 15 is 0 Å². The smallest absolute Gasteiger partial charge is 0.467 e. The topological polar surface area (TPSA) is 178 Å². The fraction of sp³-hybridized carbons (Fsp3) is 0.290. The lowest BCUT2D eigenvalue weighted by Crippen LogP contribution is -2.43. The van der Waals surface area contributed by atoms with Gasteiger partial charge in [0.25, 0.3) is 0 Å². The summed E-state index contributed by atoms with van der Waals surface area (Å²) in [5, 5.41) is 6.10. The highest BCUT2D eigenvalue weighted by atomic mass is 31.2. The van der Waals surface area contributed by atoms with Crippen molar-refractivity contribution in [1.82, 2.24) is 20.2 Å². The fourth-order valence-electron chi connectivity index (χ4n) is 4.75. The Hall–Kier alpha value is -4.71. The number of pyridine rings is 1. The van der Waals surface area contributed by atoms with Gasteiger partial charge in [0.15, 0.2) is 0 Å². The zero-order valence-electron chi connectivity index (χ0n) is 24.8. The lowest BCUT2D eigenvalue weighted by atomic mass is 10.1. The Balaban J connectivity index is 1.50. The number of carbonyl (C=O) groups is 3. The van der Waals surface area contributed by atoms with Crippen LogP contribution < -0.4 is 19.9 Å². The number of esters is 1. The van der Waals surface area contributed by atoms with Crippen LogP contribution >= 0.6 is 7.82 Å². The molecule has 2 aromatic heterocycles. The molecule has 4 aromatic rings. The number of methoxy groups -OCH3 is 1. The number of carbonyl (C=O) groups excluding carboxylic acids is 3. The molecule has 0 bridgehead atoms. The summed E-state index contributed by atoms with van der Waals surface area (Å²) < 4.78 is 28.5. The number of hydrogen-bond acceptors (Lipinski definition) is 8. The maximum atomic E-state index is 12.8. The fourth-order valence-corrected chi connectivity index (χ4v) is 5.14. The molecule has 0 saturated carbocycles. The third kappa shape index (κ3) is 10.2. The third-order valence-corrected chi connectivity index (χ3v) is 7.20. The largest absolute Gasteiger partial charge is 0.524 e. The van der Waals surface area contributed by atoms with E-state index in [1.54, 1.807) is 6.20 Å². The van der Waals surface area contributed by atoms with Gasteiger partial charge in [0.05, 0.1) is 13.5 Å². The van der Waals surface area contributed by atoms with Crippen molar-refractivity contribution in [2.24, 2.45) is 0 Å². The van der Waals surface area contributed by atoms with E-state index in [0.717, 1.165) is 48.0 Å². The minimum Gasteiger partial charge on any atom is -0.467 e. The first-order chi connectivity index (χ1) is 21.5. The Morgan fingerprint density at radius 2 is 1.73 bits per heavy atom. The Bertz CT molecular complexity index is 1670. The zero-order valence-corrected chi connectivity index (χ0v) is 25.7. The van der Waals surface area contributed by atoms with Gasteiger partial charge in [-0.25, -0.2) is 9.36 Å². The molecule has 4 rings (SSSR count). The standard InChI is InChI=1S/C31H35N4O9P/c1-21(36)34-28(31(38)42-2)18-30(37)33-19-22-20-35(16-6-4-8-23-7-3-5-15-32-23)29-14-13-26(17-27(22)29)43-24-9-11-25(12-10-24)44-45(39,40)41/h3,5,7,9-15,17,20,28H,4,6,8,16,18-19H2,1-2H3,(H,33,37)(H,34,36)(H2,39,40,41). The highest BCUT2D eigenvalue weighted by Gasteiger charge is 2.24. The average molecular weight is 639 g/mol. The minimum absolute atomic E-state index is 0.00257. The molecule has 1 atom stereocenters. The molecule has 0 aliphatic carbocycles. The SMILES string of the molecule is COC(=O)C(CC(=O)NCc1cn(CCCCc2ccccn2)c2ccc(Oc3ccc(OP(=O)(O)O)cc3)cc12)NC(C)=O. The van der Waals surface area contributed by atoms with E-state index in [1.165, 1.54) is 38.3 Å². The van der Waals surface area contributed by atoms with Crippen molar-refractivity contribution in [3.05, 3.63) is 84.3 Å². The molecule has 13 nitrogen and oxygen atoms in total. The number of aromatic nitrogens is 2. The van der Waals surface area contributed by atoms with Crippen molar-refractivity contribution in [2.45, 2.75) is 51.7 Å². The molecule has 45 heavy (non-hydrogen) atoms. The van der Waals surface area contributed by atoms with Crippen molar-refractivity contribution in [2.75, 3.05) is 7.11 Å². The number of hydrogen-bond donors (Lipinski definition) is 4. The number of nitrogens with one attached hydrogen (secondary N) is 2. The molecule has 0 aliphatic heterocycles. The Kier molecular flexibility index (Phi) is 11.3. The van der Waals surface area contributed by atoms with Gasteiger partial charge in [-0.3, -0.25) is 24.4 Å². The first-order valence-corrected chi connectivity index (χ1v) is 15.7. The third-order valence-electron chi connectivity index (χ3n) is 6.76. The molecule has 2 heterocycles. The lowest BCUT2D eigenvalue weighted by molar-refractivity contribution is -0.146. The first-order valence-electron chi connectivity index (χ1n) is 14.2. The number of benzene rings is 2. The summed E-state index contributed by atoms with van der Waals surface area (Å²) in [6, 6.07) is 16.1. The molecule has 14 heteroatoms. The van der Waals surface area contributed by atoms with Crippen LogP contribution in [0.25, 0.3) is 10.9 Å². The van der Waals surface area contributed by atoms with Gasteiger partial charge in [0.2, 0.25) is 11.8 Å². The molecular formula is C31H35N4O9P. The summed E-state index contributed by atoms with van der Waals surface area (Å²) in [4.78, 5) is 58.7. The summed E-state index contributed by atoms with van der Waals surface area (Å²) in [7, 11) is -3.49. The highest BCUT2D eigenvalue weighted by molar-refractivity contribution is 7.46. The number of unbranched alkanes of at least 4 members (excludes halogenated alkanes) is 1. The second-order valence-corrected chi connectivity index (χ2v) is 11.4. The van der Waals surface area contributed by atoms with E-state index in [2.05, 4.69) is 24.7 Å². The lowest BCUT2D eigenvalue weighted by Gasteiger charge is -2.15. The molecule has 238 valence electrons. The van der Waals surface area contributed by atoms with Gasteiger partial charge >= 0.3 is 13.8 Å². The van der Waals surface area contributed by atoms with E-state index in [9.17, 15) is 18.9 Å². The van der Waals surface area contributed by atoms with Crippen LogP contribution in [0.3, 0.4) is 0 Å². The predicted octanol–water partition coefficient (Wildman–Crippen LogP) is 4.01. The van der Waals surface area contributed by atoms with E-state index in [4.69, 9.17) is 19.3 Å². The summed E-state index contributed by atoms with van der Waals surface area (Å²) in [6.45, 7) is 2.14. The van der Waals surface area contributed by atoms with Crippen LogP contribution in [-0.4, -0.2) is 50.3 Å². The Labute approximate surface area is 259 Å². The van der Waals surface area contributed by atoms with Crippen molar-refractivity contribution in [1.29, 1.82) is 0 Å². The maximum absolute atomic E-state index is 12.8. The maximum Gasteiger partial charge on any atom is 0.524 e. The van der Waals surface area contributed by atoms with Crippen LogP contribution in [-0.2, 0) is 43.2 Å². The number of amides is 2. The molecular weight excluding hydrogens is 603 g/mol. The number of rotatable bonds is 15. The monoisotopic (exact) mass is 638 g/mol. The van der Waals surface area contributed by atoms with Gasteiger partial charge < -0.3 is 29.2 Å². The van der Waals surface area contributed by atoms with Gasteiger partial charge in [0.1, 0.15) is 23.3 Å². The van der Waals surface area contributed by atoms with E-state index in [1.807, 2.05) is 42.6 Å². The van der Waals surface area contributed by atoms with Crippen LogP contribution in [0, 0.1) is 0 Å². The Morgan fingerprint density at radius 3 is 2.40 bits per heavy atom. The molecule has 4 N–H and O–H groups in total. The van der Waals surface area contributed by atoms with Crippen molar-refractivity contribution >= 4 is 36.5 Å². The van der Waals surface area contributed by atoms with Gasteiger partial charge in [-0.2, -0.15) is 0 Å². The van der Waals surface area contributed by atoms with Crippen molar-refractivity contribution in [3.8, 4) is 17.2 Å². The number of phosphoric acid groups is 1. The van der Waals surface area contributed by atoms with E-state index < -0.39 is 31.6 Å². The average Bonchev–Trinajstić information content (AvgIpc) is 3.34. The van der Waals surface area contributed by atoms with Crippen LogP contribution in [0.5, 0.6) is 17.2 Å². The summed E-state index contributed by atoms with van der Waals surface area (Å²) in [5.41, 5.74) is 2.78. The first kappa shape index (κ1) is 33.2. The molecule has 0 fully saturated rings.